The van der Waals surface area contributed by atoms with Crippen LogP contribution < -0.4 is 14.8 Å². The first-order valence-corrected chi connectivity index (χ1v) is 11.2. The summed E-state index contributed by atoms with van der Waals surface area (Å²) in [7, 11) is 1.60. The lowest BCUT2D eigenvalue weighted by molar-refractivity contribution is -0.117. The summed E-state index contributed by atoms with van der Waals surface area (Å²) in [4.78, 5) is 15.4. The predicted molar refractivity (Wildman–Crippen MR) is 126 cm³/mol. The van der Waals surface area contributed by atoms with Gasteiger partial charge in [0.2, 0.25) is 5.91 Å². The van der Waals surface area contributed by atoms with Gasteiger partial charge in [0.05, 0.1) is 13.0 Å². The van der Waals surface area contributed by atoms with Crippen LogP contribution in [0, 0.1) is 0 Å². The van der Waals surface area contributed by atoms with E-state index in [9.17, 15) is 9.18 Å². The van der Waals surface area contributed by atoms with Crippen LogP contribution in [0.4, 0.5) is 10.1 Å². The Morgan fingerprint density at radius 1 is 1.16 bits per heavy atom. The topological polar surface area (TPSA) is 50.8 Å². The molecule has 2 aromatic rings. The molecule has 2 aromatic carbocycles. The Morgan fingerprint density at radius 3 is 2.56 bits per heavy atom. The standard InChI is InChI=1S/C26H33FN2O3/c1-3-7-23(21-10-8-20(19-27)9-11-21)26(30)28-22-12-13-24(31-2)25(18-22)32-17-16-29-14-5-4-6-15-29/h3,8-13,18,23H,1,4-7,14-17,19H2,2H3,(H,28,30). The number of halogens is 1. The fourth-order valence-corrected chi connectivity index (χ4v) is 3.96. The molecule has 5 nitrogen and oxygen atoms in total. The smallest absolute Gasteiger partial charge is 0.232 e. The first-order valence-electron chi connectivity index (χ1n) is 11.2. The van der Waals surface area contributed by atoms with Gasteiger partial charge in [-0.3, -0.25) is 9.69 Å². The van der Waals surface area contributed by atoms with Gasteiger partial charge in [0.15, 0.2) is 11.5 Å². The van der Waals surface area contributed by atoms with Crippen molar-refractivity contribution in [3.05, 3.63) is 66.2 Å². The number of nitrogens with one attached hydrogen (secondary N) is 1. The van der Waals surface area contributed by atoms with Crippen LogP contribution in [-0.4, -0.2) is 44.2 Å². The summed E-state index contributed by atoms with van der Waals surface area (Å²) >= 11 is 0. The highest BCUT2D eigenvalue weighted by atomic mass is 19.1. The van der Waals surface area contributed by atoms with Crippen molar-refractivity contribution in [3.63, 3.8) is 0 Å². The van der Waals surface area contributed by atoms with Crippen molar-refractivity contribution in [1.29, 1.82) is 0 Å². The first-order chi connectivity index (χ1) is 15.6. The molecule has 172 valence electrons. The molecule has 32 heavy (non-hydrogen) atoms. The number of likely N-dealkylation sites (tertiary alicyclic amines) is 1. The molecule has 1 amide bonds. The number of hydrogen-bond acceptors (Lipinski definition) is 4. The Kier molecular flexibility index (Phi) is 9.11. The number of rotatable bonds is 11. The van der Waals surface area contributed by atoms with Crippen LogP contribution in [0.2, 0.25) is 0 Å². The second-order valence-corrected chi connectivity index (χ2v) is 8.06. The third-order valence-corrected chi connectivity index (χ3v) is 5.80. The van der Waals surface area contributed by atoms with Crippen molar-refractivity contribution in [3.8, 4) is 11.5 Å². The molecule has 1 saturated heterocycles. The normalized spacial score (nSPS) is 15.1. The van der Waals surface area contributed by atoms with E-state index in [1.807, 2.05) is 0 Å². The number of nitrogens with zero attached hydrogens (tertiary/aromatic N) is 1. The molecule has 0 aliphatic carbocycles. The monoisotopic (exact) mass is 440 g/mol. The largest absolute Gasteiger partial charge is 0.493 e. The number of methoxy groups -OCH3 is 1. The highest BCUT2D eigenvalue weighted by Crippen LogP contribution is 2.31. The van der Waals surface area contributed by atoms with Gasteiger partial charge in [0, 0.05) is 18.3 Å². The molecule has 1 aliphatic heterocycles. The number of carbonyl (C=O) groups excluding carboxylic acids is 1. The SMILES string of the molecule is C=CCC(C(=O)Nc1ccc(OC)c(OCCN2CCCCC2)c1)c1ccc(CF)cc1. The van der Waals surface area contributed by atoms with E-state index in [0.29, 0.717) is 35.8 Å². The molecule has 1 atom stereocenters. The number of allylic oxidation sites excluding steroid dienone is 1. The van der Waals surface area contributed by atoms with Gasteiger partial charge in [0.25, 0.3) is 0 Å². The number of alkyl halides is 1. The van der Waals surface area contributed by atoms with Gasteiger partial charge >= 0.3 is 0 Å². The quantitative estimate of drug-likeness (QED) is 0.480. The van der Waals surface area contributed by atoms with Crippen LogP contribution in [0.3, 0.4) is 0 Å². The molecule has 1 heterocycles. The predicted octanol–water partition coefficient (Wildman–Crippen LogP) is 5.33. The minimum atomic E-state index is -0.523. The van der Waals surface area contributed by atoms with Crippen LogP contribution in [0.25, 0.3) is 0 Å². The van der Waals surface area contributed by atoms with Crippen molar-refractivity contribution in [2.24, 2.45) is 0 Å². The van der Waals surface area contributed by atoms with Crippen molar-refractivity contribution >= 4 is 11.6 Å². The van der Waals surface area contributed by atoms with Crippen molar-refractivity contribution in [2.45, 2.75) is 38.3 Å². The van der Waals surface area contributed by atoms with Crippen molar-refractivity contribution in [2.75, 3.05) is 38.7 Å². The Balaban J connectivity index is 1.66. The van der Waals surface area contributed by atoms with Gasteiger partial charge in [-0.1, -0.05) is 36.8 Å². The Labute approximate surface area is 190 Å². The minimum Gasteiger partial charge on any atom is -0.493 e. The molecule has 0 aromatic heterocycles. The number of hydrogen-bond donors (Lipinski definition) is 1. The average Bonchev–Trinajstić information content (AvgIpc) is 2.83. The zero-order chi connectivity index (χ0) is 22.8. The van der Waals surface area contributed by atoms with E-state index in [1.54, 1.807) is 55.7 Å². The van der Waals surface area contributed by atoms with Gasteiger partial charge in [-0.25, -0.2) is 4.39 Å². The Morgan fingerprint density at radius 2 is 1.91 bits per heavy atom. The van der Waals surface area contributed by atoms with E-state index in [2.05, 4.69) is 16.8 Å². The third kappa shape index (κ3) is 6.57. The van der Waals surface area contributed by atoms with Gasteiger partial charge in [-0.2, -0.15) is 0 Å². The van der Waals surface area contributed by atoms with E-state index in [4.69, 9.17) is 9.47 Å². The van der Waals surface area contributed by atoms with E-state index in [0.717, 1.165) is 25.2 Å². The Bertz CT molecular complexity index is 879. The molecule has 0 bridgehead atoms. The van der Waals surface area contributed by atoms with Gasteiger partial charge < -0.3 is 14.8 Å². The van der Waals surface area contributed by atoms with Gasteiger partial charge in [-0.05, 0) is 55.6 Å². The number of carbonyl (C=O) groups is 1. The highest BCUT2D eigenvalue weighted by molar-refractivity contribution is 5.96. The van der Waals surface area contributed by atoms with E-state index in [-0.39, 0.29) is 5.91 Å². The molecule has 3 rings (SSSR count). The van der Waals surface area contributed by atoms with Crippen molar-refractivity contribution in [1.82, 2.24) is 4.90 Å². The van der Waals surface area contributed by atoms with Crippen LogP contribution in [0.15, 0.2) is 55.1 Å². The molecule has 1 unspecified atom stereocenters. The number of anilines is 1. The number of benzene rings is 2. The lowest BCUT2D eigenvalue weighted by atomic mass is 9.94. The molecule has 0 saturated carbocycles. The summed E-state index contributed by atoms with van der Waals surface area (Å²) in [6.07, 6.45) is 5.99. The number of amides is 1. The fourth-order valence-electron chi connectivity index (χ4n) is 3.96. The number of ether oxygens (including phenoxy) is 2. The molecule has 1 aliphatic rings. The van der Waals surface area contributed by atoms with Gasteiger partial charge in [-0.15, -0.1) is 6.58 Å². The molecule has 1 fully saturated rings. The summed E-state index contributed by atoms with van der Waals surface area (Å²) < 4.78 is 24.3. The second kappa shape index (κ2) is 12.2. The summed E-state index contributed by atoms with van der Waals surface area (Å²) in [5.41, 5.74) is 2.05. The summed E-state index contributed by atoms with van der Waals surface area (Å²) in [6, 6.07) is 12.4. The van der Waals surface area contributed by atoms with Gasteiger partial charge in [0.1, 0.15) is 13.3 Å². The summed E-state index contributed by atoms with van der Waals surface area (Å²) in [5.74, 6) is 0.676. The molecule has 1 N–H and O–H groups in total. The van der Waals surface area contributed by atoms with Crippen molar-refractivity contribution < 1.29 is 18.7 Å². The van der Waals surface area contributed by atoms with Crippen LogP contribution in [0.5, 0.6) is 11.5 Å². The first kappa shape index (κ1) is 23.8. The molecular weight excluding hydrogens is 407 g/mol. The molecule has 6 heteroatoms. The van der Waals surface area contributed by atoms with E-state index < -0.39 is 12.6 Å². The minimum absolute atomic E-state index is 0.151. The zero-order valence-corrected chi connectivity index (χ0v) is 18.8. The molecular formula is C26H33FN2O3. The van der Waals surface area contributed by atoms with Crippen LogP contribution in [-0.2, 0) is 11.5 Å². The molecule has 0 radical (unpaired) electrons. The maximum absolute atomic E-state index is 13.0. The maximum Gasteiger partial charge on any atom is 0.232 e. The summed E-state index contributed by atoms with van der Waals surface area (Å²) in [5, 5.41) is 2.98. The number of piperidine rings is 1. The lowest BCUT2D eigenvalue weighted by Crippen LogP contribution is -2.33. The average molecular weight is 441 g/mol. The Hall–Kier alpha value is -2.86. The van der Waals surface area contributed by atoms with Crippen LogP contribution >= 0.6 is 0 Å². The van der Waals surface area contributed by atoms with E-state index >= 15 is 0 Å². The highest BCUT2D eigenvalue weighted by Gasteiger charge is 2.20. The third-order valence-electron chi connectivity index (χ3n) is 5.80. The second-order valence-electron chi connectivity index (χ2n) is 8.06. The molecule has 0 spiro atoms. The zero-order valence-electron chi connectivity index (χ0n) is 18.8. The van der Waals surface area contributed by atoms with E-state index in [1.165, 1.54) is 19.3 Å². The maximum atomic E-state index is 13.0. The lowest BCUT2D eigenvalue weighted by Gasteiger charge is -2.26. The fraction of sp³-hybridized carbons (Fsp3) is 0.423. The summed E-state index contributed by atoms with van der Waals surface area (Å²) in [6.45, 7) is 6.93. The van der Waals surface area contributed by atoms with Crippen LogP contribution in [0.1, 0.15) is 42.7 Å².